The number of aromatic nitrogens is 1. The van der Waals surface area contributed by atoms with E-state index in [1.165, 1.54) is 0 Å². The third kappa shape index (κ3) is 3.00. The lowest BCUT2D eigenvalue weighted by atomic mass is 9.94. The molecule has 0 unspecified atom stereocenters. The minimum absolute atomic E-state index is 0.232. The minimum atomic E-state index is -0.694. The van der Waals surface area contributed by atoms with Crippen LogP contribution in [-0.4, -0.2) is 17.5 Å². The lowest BCUT2D eigenvalue weighted by molar-refractivity contribution is -0.130. The molecule has 1 heterocycles. The molecule has 1 amide bonds. The Morgan fingerprint density at radius 3 is 2.89 bits per heavy atom. The van der Waals surface area contributed by atoms with Crippen LogP contribution in [0, 0.1) is 5.41 Å². The van der Waals surface area contributed by atoms with Crippen molar-refractivity contribution in [3.8, 4) is 5.75 Å². The monoisotopic (exact) mass is 259 g/mol. The largest absolute Gasteiger partial charge is 0.491 e. The van der Waals surface area contributed by atoms with Crippen molar-refractivity contribution in [3.63, 3.8) is 0 Å². The number of hydrazine groups is 1. The lowest BCUT2D eigenvalue weighted by Crippen LogP contribution is -2.44. The standard InChI is InChI=1S/C14H17N3O2/c1-14(2,13(18)17-15)9-19-11-7-10-5-3-4-6-12(10)16-8-11/h3-8H,9,15H2,1-2H3,(H,17,18). The topological polar surface area (TPSA) is 77.2 Å². The van der Waals surface area contributed by atoms with Gasteiger partial charge in [0, 0.05) is 5.39 Å². The fourth-order valence-corrected chi connectivity index (χ4v) is 1.65. The Balaban J connectivity index is 2.12. The first-order valence-corrected chi connectivity index (χ1v) is 6.01. The van der Waals surface area contributed by atoms with E-state index in [0.29, 0.717) is 5.75 Å². The van der Waals surface area contributed by atoms with Crippen LogP contribution in [0.5, 0.6) is 5.75 Å². The van der Waals surface area contributed by atoms with Crippen LogP contribution < -0.4 is 16.0 Å². The Kier molecular flexibility index (Phi) is 3.66. The maximum absolute atomic E-state index is 11.5. The van der Waals surface area contributed by atoms with E-state index in [1.807, 2.05) is 30.3 Å². The lowest BCUT2D eigenvalue weighted by Gasteiger charge is -2.22. The molecule has 0 saturated heterocycles. The van der Waals surface area contributed by atoms with Crippen molar-refractivity contribution in [3.05, 3.63) is 36.5 Å². The molecule has 1 aromatic heterocycles. The highest BCUT2D eigenvalue weighted by Gasteiger charge is 2.28. The van der Waals surface area contributed by atoms with Crippen molar-refractivity contribution in [2.45, 2.75) is 13.8 Å². The summed E-state index contributed by atoms with van der Waals surface area (Å²) in [7, 11) is 0. The van der Waals surface area contributed by atoms with Crippen LogP contribution in [0.2, 0.25) is 0 Å². The summed E-state index contributed by atoms with van der Waals surface area (Å²) >= 11 is 0. The van der Waals surface area contributed by atoms with Crippen LogP contribution in [0.1, 0.15) is 13.8 Å². The molecular formula is C14H17N3O2. The van der Waals surface area contributed by atoms with Gasteiger partial charge in [0.15, 0.2) is 0 Å². The SMILES string of the molecule is CC(C)(COc1cnc2ccccc2c1)C(=O)NN. The van der Waals surface area contributed by atoms with Gasteiger partial charge in [0.2, 0.25) is 5.91 Å². The van der Waals surface area contributed by atoms with Crippen LogP contribution in [0.4, 0.5) is 0 Å². The summed E-state index contributed by atoms with van der Waals surface area (Å²) in [6, 6.07) is 9.68. The van der Waals surface area contributed by atoms with Gasteiger partial charge in [-0.15, -0.1) is 0 Å². The van der Waals surface area contributed by atoms with Crippen molar-refractivity contribution >= 4 is 16.8 Å². The Morgan fingerprint density at radius 1 is 1.42 bits per heavy atom. The van der Waals surface area contributed by atoms with E-state index < -0.39 is 5.41 Å². The Bertz CT molecular complexity index is 596. The fourth-order valence-electron chi connectivity index (χ4n) is 1.65. The molecule has 2 aromatic rings. The minimum Gasteiger partial charge on any atom is -0.491 e. The van der Waals surface area contributed by atoms with E-state index in [1.54, 1.807) is 20.0 Å². The number of pyridine rings is 1. The second kappa shape index (κ2) is 5.24. The number of nitrogens with one attached hydrogen (secondary N) is 1. The predicted octanol–water partition coefficient (Wildman–Crippen LogP) is 1.63. The maximum Gasteiger partial charge on any atom is 0.242 e. The predicted molar refractivity (Wildman–Crippen MR) is 73.3 cm³/mol. The van der Waals surface area contributed by atoms with E-state index in [4.69, 9.17) is 10.6 Å². The highest BCUT2D eigenvalue weighted by Crippen LogP contribution is 2.21. The number of nitrogens with two attached hydrogens (primary N) is 1. The van der Waals surface area contributed by atoms with Gasteiger partial charge in [-0.25, -0.2) is 5.84 Å². The molecule has 0 aliphatic heterocycles. The number of hydrogen-bond acceptors (Lipinski definition) is 4. The zero-order valence-electron chi connectivity index (χ0n) is 11.0. The van der Waals surface area contributed by atoms with Crippen molar-refractivity contribution in [1.82, 2.24) is 10.4 Å². The molecule has 0 aliphatic carbocycles. The van der Waals surface area contributed by atoms with E-state index in [-0.39, 0.29) is 12.5 Å². The number of carbonyl (C=O) groups is 1. The van der Waals surface area contributed by atoms with Crippen molar-refractivity contribution in [2.75, 3.05) is 6.61 Å². The van der Waals surface area contributed by atoms with Gasteiger partial charge in [-0.1, -0.05) is 18.2 Å². The Morgan fingerprint density at radius 2 is 2.16 bits per heavy atom. The van der Waals surface area contributed by atoms with Crippen molar-refractivity contribution in [1.29, 1.82) is 0 Å². The molecule has 1 aromatic carbocycles. The molecular weight excluding hydrogens is 242 g/mol. The second-order valence-electron chi connectivity index (χ2n) is 5.01. The third-order valence-electron chi connectivity index (χ3n) is 2.91. The molecule has 0 saturated carbocycles. The highest BCUT2D eigenvalue weighted by atomic mass is 16.5. The number of hydrogen-bond donors (Lipinski definition) is 2. The van der Waals surface area contributed by atoms with Gasteiger partial charge in [-0.3, -0.25) is 15.2 Å². The highest BCUT2D eigenvalue weighted by molar-refractivity contribution is 5.81. The molecule has 5 heteroatoms. The van der Waals surface area contributed by atoms with E-state index in [0.717, 1.165) is 10.9 Å². The Hall–Kier alpha value is -2.14. The van der Waals surface area contributed by atoms with Gasteiger partial charge in [0.25, 0.3) is 0 Å². The number of carbonyl (C=O) groups excluding carboxylic acids is 1. The number of amides is 1. The molecule has 0 aliphatic rings. The second-order valence-corrected chi connectivity index (χ2v) is 5.01. The number of rotatable bonds is 4. The summed E-state index contributed by atoms with van der Waals surface area (Å²) in [6.45, 7) is 3.77. The van der Waals surface area contributed by atoms with Gasteiger partial charge >= 0.3 is 0 Å². The molecule has 2 rings (SSSR count). The quantitative estimate of drug-likeness (QED) is 0.497. The van der Waals surface area contributed by atoms with E-state index in [9.17, 15) is 4.79 Å². The van der Waals surface area contributed by atoms with E-state index in [2.05, 4.69) is 10.4 Å². The summed E-state index contributed by atoms with van der Waals surface area (Å²) in [5, 5.41) is 1.00. The first-order valence-electron chi connectivity index (χ1n) is 6.01. The summed E-state index contributed by atoms with van der Waals surface area (Å²) in [6.07, 6.45) is 1.65. The first kappa shape index (κ1) is 13.3. The van der Waals surface area contributed by atoms with E-state index >= 15 is 0 Å². The number of para-hydroxylation sites is 1. The van der Waals surface area contributed by atoms with Crippen LogP contribution in [-0.2, 0) is 4.79 Å². The molecule has 0 radical (unpaired) electrons. The maximum atomic E-state index is 11.5. The summed E-state index contributed by atoms with van der Waals surface area (Å²) in [5.74, 6) is 5.51. The molecule has 3 N–H and O–H groups in total. The zero-order chi connectivity index (χ0) is 13.9. The summed E-state index contributed by atoms with van der Waals surface area (Å²) in [4.78, 5) is 15.8. The average Bonchev–Trinajstić information content (AvgIpc) is 2.44. The number of fused-ring (bicyclic) bond motifs is 1. The molecule has 0 atom stereocenters. The number of benzene rings is 1. The van der Waals surface area contributed by atoms with Crippen molar-refractivity contribution < 1.29 is 9.53 Å². The molecule has 19 heavy (non-hydrogen) atoms. The van der Waals surface area contributed by atoms with Crippen LogP contribution in [0.3, 0.4) is 0 Å². The number of nitrogens with zero attached hydrogens (tertiary/aromatic N) is 1. The van der Waals surface area contributed by atoms with Crippen LogP contribution in [0.25, 0.3) is 10.9 Å². The first-order chi connectivity index (χ1) is 9.03. The number of ether oxygens (including phenoxy) is 1. The smallest absolute Gasteiger partial charge is 0.242 e. The van der Waals surface area contributed by atoms with Gasteiger partial charge in [-0.05, 0) is 26.0 Å². The molecule has 5 nitrogen and oxygen atoms in total. The molecule has 0 fully saturated rings. The van der Waals surface area contributed by atoms with Gasteiger partial charge in [-0.2, -0.15) is 0 Å². The summed E-state index contributed by atoms with van der Waals surface area (Å²) < 4.78 is 5.62. The van der Waals surface area contributed by atoms with Gasteiger partial charge in [0.05, 0.1) is 17.1 Å². The molecule has 0 spiro atoms. The summed E-state index contributed by atoms with van der Waals surface area (Å²) in [5.41, 5.74) is 2.35. The molecule has 100 valence electrons. The fraction of sp³-hybridized carbons (Fsp3) is 0.286. The molecule has 0 bridgehead atoms. The average molecular weight is 259 g/mol. The van der Waals surface area contributed by atoms with Crippen LogP contribution in [0.15, 0.2) is 36.5 Å². The zero-order valence-corrected chi connectivity index (χ0v) is 11.0. The third-order valence-corrected chi connectivity index (χ3v) is 2.91. The Labute approximate surface area is 111 Å². The van der Waals surface area contributed by atoms with Gasteiger partial charge in [0.1, 0.15) is 12.4 Å². The normalized spacial score (nSPS) is 11.3. The van der Waals surface area contributed by atoms with Gasteiger partial charge < -0.3 is 4.74 Å². The van der Waals surface area contributed by atoms with Crippen LogP contribution >= 0.6 is 0 Å². The van der Waals surface area contributed by atoms with Crippen molar-refractivity contribution in [2.24, 2.45) is 11.3 Å².